The predicted octanol–water partition coefficient (Wildman–Crippen LogP) is 5.97. The molecule has 3 heterocycles. The van der Waals surface area contributed by atoms with Crippen molar-refractivity contribution in [3.63, 3.8) is 0 Å². The van der Waals surface area contributed by atoms with Crippen LogP contribution in [0.1, 0.15) is 59.7 Å². The number of hydrogen-bond acceptors (Lipinski definition) is 5. The summed E-state index contributed by atoms with van der Waals surface area (Å²) in [7, 11) is 0. The highest BCUT2D eigenvalue weighted by molar-refractivity contribution is 6.31. The van der Waals surface area contributed by atoms with Crippen LogP contribution in [-0.4, -0.2) is 63.7 Å². The van der Waals surface area contributed by atoms with Gasteiger partial charge in [0.05, 0.1) is 17.3 Å². The summed E-state index contributed by atoms with van der Waals surface area (Å²) in [5.74, 6) is 6.58. The summed E-state index contributed by atoms with van der Waals surface area (Å²) in [5.41, 5.74) is 13.6. The lowest BCUT2D eigenvalue weighted by Crippen LogP contribution is -2.44. The van der Waals surface area contributed by atoms with Gasteiger partial charge in [0.15, 0.2) is 0 Å². The summed E-state index contributed by atoms with van der Waals surface area (Å²) in [6.45, 7) is 7.76. The van der Waals surface area contributed by atoms with Crippen LogP contribution in [0.5, 0.6) is 0 Å². The summed E-state index contributed by atoms with van der Waals surface area (Å²) in [6.07, 6.45) is 3.59. The van der Waals surface area contributed by atoms with E-state index >= 15 is 0 Å². The van der Waals surface area contributed by atoms with Crippen LogP contribution >= 0.6 is 23.2 Å². The Kier molecular flexibility index (Phi) is 11.8. The van der Waals surface area contributed by atoms with Gasteiger partial charge in [0.1, 0.15) is 0 Å². The number of fused-ring (bicyclic) bond motifs is 1. The van der Waals surface area contributed by atoms with E-state index < -0.39 is 6.03 Å². The third-order valence-corrected chi connectivity index (χ3v) is 9.97. The molecular weight excluding hydrogens is 669 g/mol. The number of nitrogens with one attached hydrogen (secondary N) is 2. The van der Waals surface area contributed by atoms with Crippen molar-refractivity contribution in [2.24, 2.45) is 5.73 Å². The molecule has 0 atom stereocenters. The van der Waals surface area contributed by atoms with Crippen molar-refractivity contribution < 1.29 is 9.59 Å². The minimum absolute atomic E-state index is 0.0401. The number of benzene rings is 3. The van der Waals surface area contributed by atoms with Crippen molar-refractivity contribution >= 4 is 35.1 Å². The Labute approximate surface area is 304 Å². The van der Waals surface area contributed by atoms with Crippen LogP contribution in [-0.2, 0) is 37.4 Å². The Balaban J connectivity index is 1.13. The van der Waals surface area contributed by atoms with Gasteiger partial charge in [-0.15, -0.1) is 0 Å². The molecule has 260 valence electrons. The molecule has 0 spiro atoms. The first-order valence-electron chi connectivity index (χ1n) is 17.2. The molecule has 2 aliphatic rings. The summed E-state index contributed by atoms with van der Waals surface area (Å²) in [4.78, 5) is 27.7. The number of piperidine rings is 1. The second kappa shape index (κ2) is 16.6. The molecule has 2 aliphatic heterocycles. The highest BCUT2D eigenvalue weighted by Gasteiger charge is 2.27. The summed E-state index contributed by atoms with van der Waals surface area (Å²) in [6, 6.07) is 21.7. The number of rotatable bonds is 10. The summed E-state index contributed by atoms with van der Waals surface area (Å²) >= 11 is 12.6. The largest absolute Gasteiger partial charge is 0.354 e. The van der Waals surface area contributed by atoms with Crippen molar-refractivity contribution in [1.82, 2.24) is 30.2 Å². The topological polar surface area (TPSA) is 109 Å². The molecule has 1 aromatic heterocycles. The maximum Gasteiger partial charge on any atom is 0.315 e. The van der Waals surface area contributed by atoms with E-state index in [2.05, 4.69) is 44.2 Å². The molecule has 50 heavy (non-hydrogen) atoms. The quantitative estimate of drug-likeness (QED) is 0.176. The highest BCUT2D eigenvalue weighted by atomic mass is 35.5. The number of urea groups is 1. The molecule has 0 unspecified atom stereocenters. The number of hydrogen-bond donors (Lipinski definition) is 3. The number of primary amides is 1. The minimum atomic E-state index is -0.428. The molecule has 0 saturated carbocycles. The lowest BCUT2D eigenvalue weighted by atomic mass is 9.99. The second-order valence-electron chi connectivity index (χ2n) is 13.0. The average Bonchev–Trinajstić information content (AvgIpc) is 3.47. The van der Waals surface area contributed by atoms with E-state index in [1.807, 2.05) is 54.6 Å². The van der Waals surface area contributed by atoms with Gasteiger partial charge >= 0.3 is 6.03 Å². The fraction of sp³-hybridized carbons (Fsp3) is 0.359. The smallest absolute Gasteiger partial charge is 0.315 e. The van der Waals surface area contributed by atoms with Gasteiger partial charge in [-0.25, -0.2) is 4.79 Å². The van der Waals surface area contributed by atoms with Crippen molar-refractivity contribution in [3.8, 4) is 23.1 Å². The van der Waals surface area contributed by atoms with Gasteiger partial charge in [-0.1, -0.05) is 65.4 Å². The van der Waals surface area contributed by atoms with Gasteiger partial charge in [-0.05, 0) is 73.3 Å². The Morgan fingerprint density at radius 2 is 1.62 bits per heavy atom. The Hall–Kier alpha value is -4.33. The van der Waals surface area contributed by atoms with Crippen molar-refractivity contribution in [3.05, 3.63) is 110 Å². The van der Waals surface area contributed by atoms with Crippen molar-refractivity contribution in [1.29, 1.82) is 0 Å². The summed E-state index contributed by atoms with van der Waals surface area (Å²) < 4.78 is 2.11. The lowest BCUT2D eigenvalue weighted by Gasteiger charge is -2.32. The molecule has 0 aliphatic carbocycles. The van der Waals surface area contributed by atoms with Crippen LogP contribution in [0, 0.1) is 11.8 Å². The molecule has 6 rings (SSSR count). The summed E-state index contributed by atoms with van der Waals surface area (Å²) in [5, 5.41) is 12.9. The Morgan fingerprint density at radius 3 is 2.30 bits per heavy atom. The second-order valence-corrected chi connectivity index (χ2v) is 13.9. The first kappa shape index (κ1) is 35.5. The molecule has 1 saturated heterocycles. The fourth-order valence-electron chi connectivity index (χ4n) is 6.70. The van der Waals surface area contributed by atoms with Crippen LogP contribution < -0.4 is 16.4 Å². The molecule has 0 bridgehead atoms. The normalized spacial score (nSPS) is 14.9. The van der Waals surface area contributed by atoms with Gasteiger partial charge in [0.25, 0.3) is 0 Å². The fourth-order valence-corrected chi connectivity index (χ4v) is 6.99. The lowest BCUT2D eigenvalue weighted by molar-refractivity contribution is -0.119. The molecule has 3 amide bonds. The molecule has 4 aromatic rings. The van der Waals surface area contributed by atoms with E-state index in [4.69, 9.17) is 34.0 Å². The van der Waals surface area contributed by atoms with E-state index in [1.165, 1.54) is 11.1 Å². The standard InChI is InChI=1S/C39H43Cl2N7O2/c1-27(49)44-34-15-20-46(21-16-34)18-2-19-48-37-17-22-47(39(42)50)26-35(37)38(45-48)32-11-14-36(41)31(23-32)10-7-28-3-5-29(6-4-28)24-43-25-30-8-12-33(40)13-9-30/h3-6,8-9,11-14,23,34,43H,2,15-22,24-26H2,1H3,(H2,42,50)(H,44,49). The molecule has 11 heteroatoms. The van der Waals surface area contributed by atoms with Crippen molar-refractivity contribution in [2.75, 3.05) is 26.2 Å². The zero-order valence-electron chi connectivity index (χ0n) is 28.4. The number of aromatic nitrogens is 2. The van der Waals surface area contributed by atoms with Crippen molar-refractivity contribution in [2.45, 2.75) is 64.8 Å². The number of halogens is 2. The first-order valence-corrected chi connectivity index (χ1v) is 18.0. The number of carbonyl (C=O) groups excluding carboxylic acids is 2. The number of amides is 3. The maximum absolute atomic E-state index is 12.2. The highest BCUT2D eigenvalue weighted by Crippen LogP contribution is 2.32. The van der Waals surface area contributed by atoms with Gasteiger partial charge in [-0.3, -0.25) is 9.48 Å². The van der Waals surface area contributed by atoms with E-state index in [0.717, 1.165) is 91.6 Å². The SMILES string of the molecule is CC(=O)NC1CCN(CCCn2nc(-c3ccc(Cl)c(C#Cc4ccc(CNCc5ccc(Cl)cc5)cc4)c3)c3c2CCN(C(N)=O)C3)CC1. The van der Waals surface area contributed by atoms with Gasteiger partial charge in [0.2, 0.25) is 5.91 Å². The van der Waals surface area contributed by atoms with Gasteiger partial charge in [0, 0.05) is 91.6 Å². The molecule has 4 N–H and O–H groups in total. The molecule has 1 fully saturated rings. The number of aryl methyl sites for hydroxylation is 1. The van der Waals surface area contributed by atoms with Gasteiger partial charge in [-0.2, -0.15) is 5.10 Å². The number of likely N-dealkylation sites (tertiary alicyclic amines) is 1. The Bertz CT molecular complexity index is 1870. The monoisotopic (exact) mass is 711 g/mol. The maximum atomic E-state index is 12.2. The number of nitrogens with two attached hydrogens (primary N) is 1. The zero-order chi connectivity index (χ0) is 35.0. The first-order chi connectivity index (χ1) is 24.2. The molecule has 9 nitrogen and oxygen atoms in total. The minimum Gasteiger partial charge on any atom is -0.354 e. The number of carbonyl (C=O) groups is 2. The van der Waals surface area contributed by atoms with E-state index in [1.54, 1.807) is 11.8 Å². The number of nitrogens with zero attached hydrogens (tertiary/aromatic N) is 4. The van der Waals surface area contributed by atoms with Crippen LogP contribution in [0.2, 0.25) is 10.0 Å². The van der Waals surface area contributed by atoms with Gasteiger partial charge < -0.3 is 26.2 Å². The molecule has 0 radical (unpaired) electrons. The van der Waals surface area contributed by atoms with E-state index in [0.29, 0.717) is 30.1 Å². The third kappa shape index (κ3) is 9.26. The Morgan fingerprint density at radius 1 is 0.920 bits per heavy atom. The predicted molar refractivity (Wildman–Crippen MR) is 199 cm³/mol. The zero-order valence-corrected chi connectivity index (χ0v) is 29.9. The van der Waals surface area contributed by atoms with E-state index in [-0.39, 0.29) is 11.9 Å². The van der Waals surface area contributed by atoms with Crippen LogP contribution in [0.25, 0.3) is 11.3 Å². The van der Waals surface area contributed by atoms with Crippen LogP contribution in [0.15, 0.2) is 66.7 Å². The van der Waals surface area contributed by atoms with Crippen LogP contribution in [0.4, 0.5) is 4.79 Å². The molecule has 3 aromatic carbocycles. The van der Waals surface area contributed by atoms with Crippen LogP contribution in [0.3, 0.4) is 0 Å². The third-order valence-electron chi connectivity index (χ3n) is 9.39. The van der Waals surface area contributed by atoms with E-state index in [9.17, 15) is 9.59 Å². The average molecular weight is 713 g/mol. The molecular formula is C39H43Cl2N7O2.